The molecule has 2 aliphatic heterocycles. The van der Waals surface area contributed by atoms with Crippen molar-refractivity contribution in [2.45, 2.75) is 32.0 Å². The number of carbonyl (C=O) groups is 1. The van der Waals surface area contributed by atoms with E-state index in [4.69, 9.17) is 20.6 Å². The maximum Gasteiger partial charge on any atom is 0.291 e. The summed E-state index contributed by atoms with van der Waals surface area (Å²) in [5.74, 6) is -0.650. The summed E-state index contributed by atoms with van der Waals surface area (Å²) < 4.78 is 12.8. The molecule has 2 aliphatic rings. The molecule has 0 spiro atoms. The highest BCUT2D eigenvalue weighted by Gasteiger charge is 2.27. The van der Waals surface area contributed by atoms with Crippen LogP contribution in [0.2, 0.25) is 0 Å². The number of benzodiazepines with no additional fused rings is 1. The second-order valence-corrected chi connectivity index (χ2v) is 8.61. The van der Waals surface area contributed by atoms with E-state index >= 15 is 0 Å². The van der Waals surface area contributed by atoms with Crippen molar-refractivity contribution in [1.29, 1.82) is 5.41 Å². The van der Waals surface area contributed by atoms with E-state index in [1.807, 2.05) is 61.5 Å². The van der Waals surface area contributed by atoms with Crippen LogP contribution in [-0.2, 0) is 14.3 Å². The molecule has 36 heavy (non-hydrogen) atoms. The maximum absolute atomic E-state index is 13.0. The molecule has 2 aromatic carbocycles. The number of amidine groups is 1. The third kappa shape index (κ3) is 4.89. The van der Waals surface area contributed by atoms with Gasteiger partial charge in [-0.15, -0.1) is 0 Å². The van der Waals surface area contributed by atoms with Gasteiger partial charge in [0, 0.05) is 24.3 Å². The van der Waals surface area contributed by atoms with Crippen molar-refractivity contribution in [1.82, 2.24) is 9.78 Å². The first-order chi connectivity index (χ1) is 17.5. The largest absolute Gasteiger partial charge is 0.405 e. The van der Waals surface area contributed by atoms with Gasteiger partial charge in [-0.3, -0.25) is 14.9 Å². The Bertz CT molecular complexity index is 1340. The number of hydrogen-bond donors (Lipinski definition) is 3. The Balaban J connectivity index is 1.42. The van der Waals surface area contributed by atoms with E-state index in [1.165, 1.54) is 0 Å². The lowest BCUT2D eigenvalue weighted by Gasteiger charge is -2.24. The number of aryl methyl sites for hydroxylation is 1. The van der Waals surface area contributed by atoms with Gasteiger partial charge in [0.2, 0.25) is 12.1 Å². The summed E-state index contributed by atoms with van der Waals surface area (Å²) >= 11 is 0. The standard InChI is InChI=1S/C26H27N7O3/c1-16-15-21(33(32-16)18-11-13-35-14-12-18)23(27)36-26(28)31-24-25(34)29-20-10-6-5-9-19(20)22(30-24)17-7-3-2-4-8-17/h2-10,15,18,24,27H,11-14H2,1H3,(H2,28,31)(H,29,34). The van der Waals surface area contributed by atoms with E-state index in [-0.39, 0.29) is 18.0 Å². The third-order valence-electron chi connectivity index (χ3n) is 6.06. The normalized spacial score (nSPS) is 18.6. The quantitative estimate of drug-likeness (QED) is 0.385. The molecule has 1 fully saturated rings. The number of para-hydroxylation sites is 1. The first kappa shape index (κ1) is 23.4. The number of amides is 1. The zero-order valence-corrected chi connectivity index (χ0v) is 19.8. The summed E-state index contributed by atoms with van der Waals surface area (Å²) in [5.41, 5.74) is 10.2. The first-order valence-corrected chi connectivity index (χ1v) is 11.8. The van der Waals surface area contributed by atoms with E-state index in [2.05, 4.69) is 20.4 Å². The Kier molecular flexibility index (Phi) is 6.59. The zero-order chi connectivity index (χ0) is 25.1. The molecule has 0 radical (unpaired) electrons. The highest BCUT2D eigenvalue weighted by molar-refractivity contribution is 6.19. The lowest BCUT2D eigenvalue weighted by molar-refractivity contribution is -0.117. The van der Waals surface area contributed by atoms with Crippen molar-refractivity contribution >= 4 is 29.2 Å². The smallest absolute Gasteiger partial charge is 0.291 e. The van der Waals surface area contributed by atoms with Crippen LogP contribution >= 0.6 is 0 Å². The number of fused-ring (bicyclic) bond motifs is 1. The van der Waals surface area contributed by atoms with Crippen LogP contribution in [0.15, 0.2) is 70.6 Å². The van der Waals surface area contributed by atoms with E-state index in [9.17, 15) is 4.79 Å². The van der Waals surface area contributed by atoms with Crippen molar-refractivity contribution in [3.63, 3.8) is 0 Å². The fraction of sp³-hybridized carbons (Fsp3) is 0.269. The van der Waals surface area contributed by atoms with E-state index < -0.39 is 12.1 Å². The summed E-state index contributed by atoms with van der Waals surface area (Å²) in [6.45, 7) is 3.14. The van der Waals surface area contributed by atoms with Gasteiger partial charge in [0.15, 0.2) is 0 Å². The molecule has 1 aromatic heterocycles. The van der Waals surface area contributed by atoms with E-state index in [0.29, 0.717) is 30.3 Å². The second-order valence-electron chi connectivity index (χ2n) is 8.61. The van der Waals surface area contributed by atoms with Gasteiger partial charge >= 0.3 is 0 Å². The molecule has 1 amide bonds. The molecule has 0 bridgehead atoms. The number of nitrogens with one attached hydrogen (secondary N) is 2. The molecule has 3 heterocycles. The molecular weight excluding hydrogens is 458 g/mol. The fourth-order valence-corrected chi connectivity index (χ4v) is 4.36. The number of benzene rings is 2. The number of hydrogen-bond acceptors (Lipinski definition) is 7. The lowest BCUT2D eigenvalue weighted by atomic mass is 10.0. The van der Waals surface area contributed by atoms with Gasteiger partial charge < -0.3 is 20.5 Å². The third-order valence-corrected chi connectivity index (χ3v) is 6.06. The molecule has 1 atom stereocenters. The molecular formula is C26H27N7O3. The minimum Gasteiger partial charge on any atom is -0.405 e. The number of carbonyl (C=O) groups excluding carboxylic acids is 1. The van der Waals surface area contributed by atoms with Crippen molar-refractivity contribution in [2.75, 3.05) is 18.5 Å². The Morgan fingerprint density at radius 1 is 1.17 bits per heavy atom. The predicted octanol–water partition coefficient (Wildman–Crippen LogP) is 3.02. The molecule has 1 saturated heterocycles. The Hall–Kier alpha value is -4.31. The Labute approximate surface area is 208 Å². The summed E-state index contributed by atoms with van der Waals surface area (Å²) in [6, 6.07) is 18.5. The number of ether oxygens (including phenoxy) is 2. The summed E-state index contributed by atoms with van der Waals surface area (Å²) in [4.78, 5) is 21.9. The van der Waals surface area contributed by atoms with E-state index in [0.717, 1.165) is 29.7 Å². The summed E-state index contributed by atoms with van der Waals surface area (Å²) in [6.07, 6.45) is 0.401. The van der Waals surface area contributed by atoms with Crippen molar-refractivity contribution in [3.05, 3.63) is 83.2 Å². The molecule has 5 rings (SSSR count). The molecule has 10 nitrogen and oxygen atoms in total. The Morgan fingerprint density at radius 2 is 1.89 bits per heavy atom. The van der Waals surface area contributed by atoms with Crippen LogP contribution in [0, 0.1) is 12.3 Å². The van der Waals surface area contributed by atoms with E-state index in [1.54, 1.807) is 10.7 Å². The van der Waals surface area contributed by atoms with Crippen LogP contribution in [-0.4, -0.2) is 52.7 Å². The van der Waals surface area contributed by atoms with Crippen LogP contribution in [0.3, 0.4) is 0 Å². The van der Waals surface area contributed by atoms with Crippen LogP contribution in [0.1, 0.15) is 41.4 Å². The number of rotatable bonds is 4. The minimum absolute atomic E-state index is 0.105. The minimum atomic E-state index is -1.19. The van der Waals surface area contributed by atoms with Crippen molar-refractivity contribution in [2.24, 2.45) is 15.7 Å². The highest BCUT2D eigenvalue weighted by Crippen LogP contribution is 2.25. The van der Waals surface area contributed by atoms with Gasteiger partial charge in [-0.1, -0.05) is 48.5 Å². The molecule has 0 aliphatic carbocycles. The summed E-state index contributed by atoms with van der Waals surface area (Å²) in [7, 11) is 0. The molecule has 1 unspecified atom stereocenters. The molecule has 184 valence electrons. The SMILES string of the molecule is Cc1cc(C(=N)OC(N)=NC2N=C(c3ccccc3)c3ccccc3NC2=O)n(C2CCOCC2)n1. The second kappa shape index (κ2) is 10.1. The lowest BCUT2D eigenvalue weighted by Crippen LogP contribution is -2.30. The number of nitrogens with two attached hydrogens (primary N) is 1. The number of anilines is 1. The molecule has 4 N–H and O–H groups in total. The van der Waals surface area contributed by atoms with Gasteiger partial charge in [-0.25, -0.2) is 4.99 Å². The zero-order valence-electron chi connectivity index (χ0n) is 19.8. The van der Waals surface area contributed by atoms with Gasteiger partial charge in [-0.05, 0) is 31.9 Å². The van der Waals surface area contributed by atoms with Gasteiger partial charge in [0.1, 0.15) is 5.69 Å². The van der Waals surface area contributed by atoms with Crippen LogP contribution in [0.5, 0.6) is 0 Å². The molecule has 10 heteroatoms. The molecule has 3 aromatic rings. The monoisotopic (exact) mass is 485 g/mol. The fourth-order valence-electron chi connectivity index (χ4n) is 4.36. The van der Waals surface area contributed by atoms with Crippen LogP contribution < -0.4 is 11.1 Å². The maximum atomic E-state index is 13.0. The first-order valence-electron chi connectivity index (χ1n) is 11.8. The van der Waals surface area contributed by atoms with Gasteiger partial charge in [-0.2, -0.15) is 10.1 Å². The van der Waals surface area contributed by atoms with Crippen molar-refractivity contribution < 1.29 is 14.3 Å². The summed E-state index contributed by atoms with van der Waals surface area (Å²) in [5, 5.41) is 15.9. The number of aromatic nitrogens is 2. The van der Waals surface area contributed by atoms with Gasteiger partial charge in [0.25, 0.3) is 11.9 Å². The number of aliphatic imine (C=N–C) groups is 2. The molecule has 0 saturated carbocycles. The van der Waals surface area contributed by atoms with Crippen LogP contribution in [0.4, 0.5) is 5.69 Å². The average Bonchev–Trinajstić information content (AvgIpc) is 3.23. The van der Waals surface area contributed by atoms with Crippen molar-refractivity contribution in [3.8, 4) is 0 Å². The average molecular weight is 486 g/mol. The predicted molar refractivity (Wildman–Crippen MR) is 137 cm³/mol. The topological polar surface area (TPSA) is 140 Å². The highest BCUT2D eigenvalue weighted by atomic mass is 16.5. The Morgan fingerprint density at radius 3 is 2.67 bits per heavy atom. The number of nitrogens with zero attached hydrogens (tertiary/aromatic N) is 4. The van der Waals surface area contributed by atoms with Gasteiger partial charge in [0.05, 0.1) is 23.1 Å². The van der Waals surface area contributed by atoms with Crippen LogP contribution in [0.25, 0.3) is 0 Å².